The molecule has 1 aromatic heterocycles. The minimum absolute atomic E-state index is 0.526. The summed E-state index contributed by atoms with van der Waals surface area (Å²) in [5, 5.41) is 6.33. The smallest absolute Gasteiger partial charge is 0.214 e. The van der Waals surface area contributed by atoms with E-state index in [-0.39, 0.29) is 0 Å². The van der Waals surface area contributed by atoms with E-state index in [1.165, 1.54) is 0 Å². The van der Waals surface area contributed by atoms with Crippen LogP contribution in [-0.4, -0.2) is 38.3 Å². The second-order valence-electron chi connectivity index (χ2n) is 3.95. The fraction of sp³-hybridized carbons (Fsp3) is 0.667. The van der Waals surface area contributed by atoms with Crippen molar-refractivity contribution in [2.45, 2.75) is 26.8 Å². The van der Waals surface area contributed by atoms with Crippen molar-refractivity contribution >= 4 is 5.96 Å². The van der Waals surface area contributed by atoms with E-state index < -0.39 is 0 Å². The Hall–Kier alpha value is -1.56. The quantitative estimate of drug-likeness (QED) is 0.450. The maximum absolute atomic E-state index is 5.48. The summed E-state index contributed by atoms with van der Waals surface area (Å²) in [7, 11) is 3.43. The van der Waals surface area contributed by atoms with Crippen molar-refractivity contribution in [3.8, 4) is 0 Å². The monoisotopic (exact) mass is 254 g/mol. The number of oxazole rings is 1. The Balaban J connectivity index is 2.31. The summed E-state index contributed by atoms with van der Waals surface area (Å²) < 4.78 is 10.5. The van der Waals surface area contributed by atoms with Gasteiger partial charge in [-0.1, -0.05) is 0 Å². The van der Waals surface area contributed by atoms with Gasteiger partial charge in [-0.3, -0.25) is 4.99 Å². The van der Waals surface area contributed by atoms with Gasteiger partial charge >= 0.3 is 0 Å². The van der Waals surface area contributed by atoms with Gasteiger partial charge in [0.2, 0.25) is 5.89 Å². The number of nitrogens with zero attached hydrogens (tertiary/aromatic N) is 2. The second-order valence-corrected chi connectivity index (χ2v) is 3.95. The Morgan fingerprint density at radius 2 is 2.17 bits per heavy atom. The molecule has 0 bridgehead atoms. The fourth-order valence-corrected chi connectivity index (χ4v) is 1.42. The molecule has 0 aromatic carbocycles. The van der Waals surface area contributed by atoms with Crippen LogP contribution >= 0.6 is 0 Å². The SMILES string of the molecule is CN=C(NCCCOC)NCc1nc(C)c(C)o1. The van der Waals surface area contributed by atoms with Crippen LogP contribution in [-0.2, 0) is 11.3 Å². The van der Waals surface area contributed by atoms with Crippen LogP contribution in [0.15, 0.2) is 9.41 Å². The zero-order valence-electron chi connectivity index (χ0n) is 11.5. The van der Waals surface area contributed by atoms with Gasteiger partial charge in [-0.25, -0.2) is 4.98 Å². The van der Waals surface area contributed by atoms with Crippen molar-refractivity contribution < 1.29 is 9.15 Å². The van der Waals surface area contributed by atoms with Crippen LogP contribution in [0.5, 0.6) is 0 Å². The summed E-state index contributed by atoms with van der Waals surface area (Å²) in [6.07, 6.45) is 0.939. The topological polar surface area (TPSA) is 71.7 Å². The van der Waals surface area contributed by atoms with E-state index in [0.29, 0.717) is 12.4 Å². The number of hydrogen-bond donors (Lipinski definition) is 2. The van der Waals surface area contributed by atoms with Gasteiger partial charge in [0.25, 0.3) is 0 Å². The maximum Gasteiger partial charge on any atom is 0.214 e. The molecule has 1 aromatic rings. The molecule has 0 radical (unpaired) electrons. The minimum atomic E-state index is 0.526. The van der Waals surface area contributed by atoms with Crippen LogP contribution in [0.1, 0.15) is 23.8 Å². The molecule has 0 saturated carbocycles. The van der Waals surface area contributed by atoms with Crippen molar-refractivity contribution in [1.82, 2.24) is 15.6 Å². The number of rotatable bonds is 6. The Morgan fingerprint density at radius 1 is 1.39 bits per heavy atom. The highest BCUT2D eigenvalue weighted by atomic mass is 16.5. The van der Waals surface area contributed by atoms with Crippen molar-refractivity contribution in [3.05, 3.63) is 17.3 Å². The molecule has 0 atom stereocenters. The normalized spacial score (nSPS) is 11.7. The van der Waals surface area contributed by atoms with Crippen LogP contribution in [0.4, 0.5) is 0 Å². The summed E-state index contributed by atoms with van der Waals surface area (Å²) in [5.41, 5.74) is 0.926. The minimum Gasteiger partial charge on any atom is -0.444 e. The first-order valence-corrected chi connectivity index (χ1v) is 6.03. The van der Waals surface area contributed by atoms with E-state index in [1.54, 1.807) is 14.2 Å². The van der Waals surface area contributed by atoms with Gasteiger partial charge in [0.05, 0.1) is 12.2 Å². The van der Waals surface area contributed by atoms with E-state index in [2.05, 4.69) is 20.6 Å². The lowest BCUT2D eigenvalue weighted by Gasteiger charge is -2.09. The molecule has 0 amide bonds. The predicted octanol–water partition coefficient (Wildman–Crippen LogP) is 0.993. The molecule has 1 heterocycles. The highest BCUT2D eigenvalue weighted by Gasteiger charge is 2.05. The number of aliphatic imine (C=N–C) groups is 1. The number of aromatic nitrogens is 1. The summed E-state index contributed by atoms with van der Waals surface area (Å²) in [6, 6.07) is 0. The summed E-state index contributed by atoms with van der Waals surface area (Å²) >= 11 is 0. The number of methoxy groups -OCH3 is 1. The standard InChI is InChI=1S/C12H22N4O2/c1-9-10(2)18-11(16-9)8-15-12(13-3)14-6-5-7-17-4/h5-8H2,1-4H3,(H2,13,14,15). The number of ether oxygens (including phenoxy) is 1. The highest BCUT2D eigenvalue weighted by molar-refractivity contribution is 5.79. The third kappa shape index (κ3) is 4.75. The first-order chi connectivity index (χ1) is 8.67. The zero-order valence-corrected chi connectivity index (χ0v) is 11.5. The number of hydrogen-bond acceptors (Lipinski definition) is 4. The third-order valence-electron chi connectivity index (χ3n) is 2.52. The van der Waals surface area contributed by atoms with Crippen molar-refractivity contribution in [2.24, 2.45) is 4.99 Å². The van der Waals surface area contributed by atoms with Crippen molar-refractivity contribution in [1.29, 1.82) is 0 Å². The van der Waals surface area contributed by atoms with Crippen LogP contribution in [0, 0.1) is 13.8 Å². The number of nitrogens with one attached hydrogen (secondary N) is 2. The summed E-state index contributed by atoms with van der Waals surface area (Å²) in [6.45, 7) is 5.92. The van der Waals surface area contributed by atoms with Gasteiger partial charge in [0, 0.05) is 27.3 Å². The molecule has 18 heavy (non-hydrogen) atoms. The largest absolute Gasteiger partial charge is 0.444 e. The molecule has 0 fully saturated rings. The molecule has 6 heteroatoms. The molecular weight excluding hydrogens is 232 g/mol. The highest BCUT2D eigenvalue weighted by Crippen LogP contribution is 2.07. The molecule has 0 aliphatic heterocycles. The third-order valence-corrected chi connectivity index (χ3v) is 2.52. The molecule has 0 aliphatic carbocycles. The van der Waals surface area contributed by atoms with Crippen LogP contribution < -0.4 is 10.6 Å². The van der Waals surface area contributed by atoms with Gasteiger partial charge in [0.15, 0.2) is 5.96 Å². The van der Waals surface area contributed by atoms with E-state index in [9.17, 15) is 0 Å². The Labute approximate surface area is 108 Å². The summed E-state index contributed by atoms with van der Waals surface area (Å²) in [4.78, 5) is 8.41. The molecule has 6 nitrogen and oxygen atoms in total. The molecule has 0 unspecified atom stereocenters. The number of guanidine groups is 1. The lowest BCUT2D eigenvalue weighted by atomic mass is 10.4. The molecule has 1 rings (SSSR count). The van der Waals surface area contributed by atoms with Gasteiger partial charge in [-0.2, -0.15) is 0 Å². The van der Waals surface area contributed by atoms with E-state index >= 15 is 0 Å². The van der Waals surface area contributed by atoms with Crippen LogP contribution in [0.25, 0.3) is 0 Å². The Morgan fingerprint density at radius 3 is 2.72 bits per heavy atom. The predicted molar refractivity (Wildman–Crippen MR) is 70.7 cm³/mol. The van der Waals surface area contributed by atoms with E-state index in [1.807, 2.05) is 13.8 Å². The fourth-order valence-electron chi connectivity index (χ4n) is 1.42. The first-order valence-electron chi connectivity index (χ1n) is 6.03. The summed E-state index contributed by atoms with van der Waals surface area (Å²) in [5.74, 6) is 2.26. The van der Waals surface area contributed by atoms with Gasteiger partial charge < -0.3 is 19.8 Å². The average molecular weight is 254 g/mol. The first kappa shape index (κ1) is 14.5. The molecular formula is C12H22N4O2. The second kappa shape index (κ2) is 7.71. The van der Waals surface area contributed by atoms with E-state index in [4.69, 9.17) is 9.15 Å². The van der Waals surface area contributed by atoms with Crippen LogP contribution in [0.2, 0.25) is 0 Å². The van der Waals surface area contributed by atoms with Gasteiger partial charge in [-0.15, -0.1) is 0 Å². The lowest BCUT2D eigenvalue weighted by molar-refractivity contribution is 0.195. The lowest BCUT2D eigenvalue weighted by Crippen LogP contribution is -2.37. The van der Waals surface area contributed by atoms with Crippen molar-refractivity contribution in [3.63, 3.8) is 0 Å². The Bertz CT molecular complexity index is 368. The number of aryl methyl sites for hydroxylation is 2. The van der Waals surface area contributed by atoms with Crippen LogP contribution in [0.3, 0.4) is 0 Å². The average Bonchev–Trinajstić information content (AvgIpc) is 2.68. The van der Waals surface area contributed by atoms with Gasteiger partial charge in [0.1, 0.15) is 5.76 Å². The Kier molecular flexibility index (Phi) is 6.21. The molecule has 0 saturated heterocycles. The van der Waals surface area contributed by atoms with Gasteiger partial charge in [-0.05, 0) is 20.3 Å². The molecule has 2 N–H and O–H groups in total. The molecule has 0 aliphatic rings. The van der Waals surface area contributed by atoms with E-state index in [0.717, 1.165) is 37.0 Å². The maximum atomic E-state index is 5.48. The van der Waals surface area contributed by atoms with Crippen molar-refractivity contribution in [2.75, 3.05) is 27.3 Å². The molecule has 102 valence electrons. The molecule has 0 spiro atoms. The zero-order chi connectivity index (χ0) is 13.4.